The molecule has 0 amide bonds. The Labute approximate surface area is 160 Å². The van der Waals surface area contributed by atoms with Crippen LogP contribution in [0.5, 0.6) is 0 Å². The van der Waals surface area contributed by atoms with Gasteiger partial charge in [0.25, 0.3) is 0 Å². The summed E-state index contributed by atoms with van der Waals surface area (Å²) in [4.78, 5) is 0. The van der Waals surface area contributed by atoms with Gasteiger partial charge in [0.15, 0.2) is 5.79 Å². The number of ether oxygens (including phenoxy) is 2. The monoisotopic (exact) mass is 360 g/mol. The average Bonchev–Trinajstić information content (AvgIpc) is 3.18. The predicted molar refractivity (Wildman–Crippen MR) is 105 cm³/mol. The van der Waals surface area contributed by atoms with E-state index in [-0.39, 0.29) is 11.2 Å². The number of fused-ring (bicyclic) bond motifs is 6. The molecular weight excluding hydrogens is 320 g/mol. The Hall–Kier alpha value is -0.0800. The molecule has 1 heterocycles. The minimum atomic E-state index is -0.225. The molecule has 1 saturated heterocycles. The van der Waals surface area contributed by atoms with Gasteiger partial charge >= 0.3 is 0 Å². The summed E-state index contributed by atoms with van der Waals surface area (Å²) in [5.74, 6) is 4.50. The van der Waals surface area contributed by atoms with Crippen LogP contribution in [0, 0.1) is 40.4 Å². The molecule has 4 saturated carbocycles. The van der Waals surface area contributed by atoms with Crippen molar-refractivity contribution in [1.82, 2.24) is 0 Å². The van der Waals surface area contributed by atoms with Crippen LogP contribution in [-0.2, 0) is 9.47 Å². The quantitative estimate of drug-likeness (QED) is 0.555. The first kappa shape index (κ1) is 18.0. The molecular formula is C24H40O2. The van der Waals surface area contributed by atoms with Gasteiger partial charge in [0, 0.05) is 11.8 Å². The fourth-order valence-electron chi connectivity index (χ4n) is 8.86. The molecule has 0 aromatic rings. The van der Waals surface area contributed by atoms with Crippen molar-refractivity contribution in [3.63, 3.8) is 0 Å². The third kappa shape index (κ3) is 2.30. The van der Waals surface area contributed by atoms with Crippen LogP contribution in [0.2, 0.25) is 0 Å². The predicted octanol–water partition coefficient (Wildman–Crippen LogP) is 6.19. The van der Waals surface area contributed by atoms with Crippen LogP contribution in [-0.4, -0.2) is 19.0 Å². The zero-order chi connectivity index (χ0) is 18.0. The van der Waals surface area contributed by atoms with Gasteiger partial charge in [-0.15, -0.1) is 0 Å². The molecule has 1 aliphatic heterocycles. The number of hydrogen-bond acceptors (Lipinski definition) is 2. The number of hydrogen-bond donors (Lipinski definition) is 0. The van der Waals surface area contributed by atoms with E-state index in [1.165, 1.54) is 64.2 Å². The van der Waals surface area contributed by atoms with Crippen molar-refractivity contribution < 1.29 is 9.47 Å². The second-order valence-electron chi connectivity index (χ2n) is 11.0. The second kappa shape index (κ2) is 6.21. The molecule has 7 atom stereocenters. The molecule has 5 aliphatic rings. The van der Waals surface area contributed by atoms with Gasteiger partial charge in [0.2, 0.25) is 0 Å². The van der Waals surface area contributed by atoms with Gasteiger partial charge in [-0.1, -0.05) is 40.0 Å². The van der Waals surface area contributed by atoms with Crippen molar-refractivity contribution in [2.24, 2.45) is 40.4 Å². The minimum absolute atomic E-state index is 0.225. The van der Waals surface area contributed by atoms with Crippen molar-refractivity contribution in [3.05, 3.63) is 0 Å². The first-order valence-electron chi connectivity index (χ1n) is 11.8. The number of rotatable bonds is 1. The van der Waals surface area contributed by atoms with Crippen LogP contribution >= 0.6 is 0 Å². The normalized spacial score (nSPS) is 53.0. The third-order valence-corrected chi connectivity index (χ3v) is 10.4. The standard InChI is InChI=1S/C24H40O2/c1-4-17-6-5-11-22(2)18(16-17)7-8-19-20(22)9-12-23(3)21(19)10-13-24(23)25-14-15-26-24/h17-21H,4-16H2,1-3H3/t17?,18-,19+,20-,21-,22-,23-/m0/s1. The van der Waals surface area contributed by atoms with Crippen LogP contribution < -0.4 is 0 Å². The summed E-state index contributed by atoms with van der Waals surface area (Å²) in [6, 6.07) is 0. The van der Waals surface area contributed by atoms with Gasteiger partial charge in [0.1, 0.15) is 0 Å². The molecule has 0 aromatic heterocycles. The van der Waals surface area contributed by atoms with E-state index in [2.05, 4.69) is 20.8 Å². The van der Waals surface area contributed by atoms with Crippen LogP contribution in [0.25, 0.3) is 0 Å². The van der Waals surface area contributed by atoms with E-state index >= 15 is 0 Å². The summed E-state index contributed by atoms with van der Waals surface area (Å²) in [6.45, 7) is 9.29. The summed E-state index contributed by atoms with van der Waals surface area (Å²) in [5.41, 5.74) is 0.881. The summed E-state index contributed by atoms with van der Waals surface area (Å²) in [7, 11) is 0. The molecule has 2 nitrogen and oxygen atoms in total. The highest BCUT2D eigenvalue weighted by molar-refractivity contribution is 5.12. The first-order valence-corrected chi connectivity index (χ1v) is 11.8. The fourth-order valence-corrected chi connectivity index (χ4v) is 8.86. The van der Waals surface area contributed by atoms with Gasteiger partial charge in [-0.05, 0) is 80.0 Å². The summed E-state index contributed by atoms with van der Waals surface area (Å²) < 4.78 is 12.6. The molecule has 5 fully saturated rings. The molecule has 26 heavy (non-hydrogen) atoms. The molecule has 148 valence electrons. The Balaban J connectivity index is 1.43. The molecule has 0 bridgehead atoms. The first-order chi connectivity index (χ1) is 12.5. The van der Waals surface area contributed by atoms with Gasteiger partial charge in [-0.25, -0.2) is 0 Å². The maximum absolute atomic E-state index is 6.31. The van der Waals surface area contributed by atoms with Crippen LogP contribution in [0.1, 0.15) is 91.4 Å². The smallest absolute Gasteiger partial charge is 0.174 e. The van der Waals surface area contributed by atoms with E-state index in [0.717, 1.165) is 49.2 Å². The SMILES string of the molecule is CCC1CCC[C@@]2(C)[C@@H](CC[C@@H]3[C@@H]2CC[C@@]2(C)[C@H]3CCC23OCCO3)C1. The Morgan fingerprint density at radius 2 is 1.62 bits per heavy atom. The lowest BCUT2D eigenvalue weighted by atomic mass is 9.46. The van der Waals surface area contributed by atoms with Gasteiger partial charge in [-0.2, -0.15) is 0 Å². The largest absolute Gasteiger partial charge is 0.347 e. The molecule has 5 rings (SSSR count). The fraction of sp³-hybridized carbons (Fsp3) is 1.00. The van der Waals surface area contributed by atoms with Crippen molar-refractivity contribution >= 4 is 0 Å². The molecule has 1 spiro atoms. The Morgan fingerprint density at radius 3 is 2.38 bits per heavy atom. The topological polar surface area (TPSA) is 18.5 Å². The minimum Gasteiger partial charge on any atom is -0.347 e. The zero-order valence-electron chi connectivity index (χ0n) is 17.4. The molecule has 1 unspecified atom stereocenters. The lowest BCUT2D eigenvalue weighted by molar-refractivity contribution is -0.246. The Kier molecular flexibility index (Phi) is 4.29. The van der Waals surface area contributed by atoms with Crippen LogP contribution in [0.15, 0.2) is 0 Å². The lowest BCUT2D eigenvalue weighted by Crippen LogP contribution is -2.55. The average molecular weight is 361 g/mol. The van der Waals surface area contributed by atoms with E-state index in [1.54, 1.807) is 0 Å². The van der Waals surface area contributed by atoms with Crippen molar-refractivity contribution in [1.29, 1.82) is 0 Å². The molecule has 0 radical (unpaired) electrons. The van der Waals surface area contributed by atoms with E-state index in [9.17, 15) is 0 Å². The lowest BCUT2D eigenvalue weighted by Gasteiger charge is -2.59. The van der Waals surface area contributed by atoms with E-state index in [4.69, 9.17) is 9.47 Å². The zero-order valence-corrected chi connectivity index (χ0v) is 17.4. The van der Waals surface area contributed by atoms with E-state index < -0.39 is 0 Å². The van der Waals surface area contributed by atoms with Crippen molar-refractivity contribution in [2.75, 3.05) is 13.2 Å². The van der Waals surface area contributed by atoms with Crippen LogP contribution in [0.4, 0.5) is 0 Å². The van der Waals surface area contributed by atoms with Crippen molar-refractivity contribution in [3.8, 4) is 0 Å². The highest BCUT2D eigenvalue weighted by Gasteiger charge is 2.67. The Morgan fingerprint density at radius 1 is 0.846 bits per heavy atom. The van der Waals surface area contributed by atoms with Gasteiger partial charge < -0.3 is 9.47 Å². The summed E-state index contributed by atoms with van der Waals surface area (Å²) in [6.07, 6.45) is 15.6. The summed E-state index contributed by atoms with van der Waals surface area (Å²) >= 11 is 0. The molecule has 0 aromatic carbocycles. The molecule has 2 heteroatoms. The van der Waals surface area contributed by atoms with Crippen molar-refractivity contribution in [2.45, 2.75) is 97.2 Å². The van der Waals surface area contributed by atoms with Gasteiger partial charge in [0.05, 0.1) is 13.2 Å². The second-order valence-corrected chi connectivity index (χ2v) is 11.0. The highest BCUT2D eigenvalue weighted by atomic mass is 16.7. The van der Waals surface area contributed by atoms with E-state index in [0.29, 0.717) is 5.41 Å². The highest BCUT2D eigenvalue weighted by Crippen LogP contribution is 2.69. The Bertz CT molecular complexity index is 538. The molecule has 0 N–H and O–H groups in total. The maximum atomic E-state index is 6.31. The van der Waals surface area contributed by atoms with Crippen LogP contribution in [0.3, 0.4) is 0 Å². The third-order valence-electron chi connectivity index (χ3n) is 10.4. The van der Waals surface area contributed by atoms with Gasteiger partial charge in [-0.3, -0.25) is 0 Å². The molecule has 4 aliphatic carbocycles. The summed E-state index contributed by atoms with van der Waals surface area (Å²) in [5, 5.41) is 0. The maximum Gasteiger partial charge on any atom is 0.174 e. The van der Waals surface area contributed by atoms with E-state index in [1.807, 2.05) is 0 Å².